The number of methoxy groups -OCH3 is 1. The Morgan fingerprint density at radius 2 is 1.76 bits per heavy atom. The molecular weight excluding hydrogens is 340 g/mol. The minimum absolute atomic E-state index is 0.241. The Morgan fingerprint density at radius 3 is 2.36 bits per heavy atom. The second-order valence-corrected chi connectivity index (χ2v) is 7.53. The minimum atomic E-state index is -3.65. The van der Waals surface area contributed by atoms with Gasteiger partial charge in [0.05, 0.1) is 25.2 Å². The third-order valence-electron chi connectivity index (χ3n) is 4.17. The molecule has 25 heavy (non-hydrogen) atoms. The van der Waals surface area contributed by atoms with E-state index in [4.69, 9.17) is 9.47 Å². The Bertz CT molecular complexity index is 829. The van der Waals surface area contributed by atoms with Gasteiger partial charge in [0.15, 0.2) is 0 Å². The van der Waals surface area contributed by atoms with Gasteiger partial charge in [0.1, 0.15) is 5.75 Å². The van der Waals surface area contributed by atoms with E-state index in [0.717, 1.165) is 18.8 Å². The highest BCUT2D eigenvalue weighted by Crippen LogP contribution is 2.25. The van der Waals surface area contributed by atoms with E-state index < -0.39 is 10.0 Å². The van der Waals surface area contributed by atoms with Crippen molar-refractivity contribution in [1.82, 2.24) is 0 Å². The van der Waals surface area contributed by atoms with Gasteiger partial charge >= 0.3 is 0 Å². The molecule has 0 saturated carbocycles. The first kappa shape index (κ1) is 17.6. The van der Waals surface area contributed by atoms with Crippen LogP contribution in [0.3, 0.4) is 0 Å². The number of ether oxygens (including phenoxy) is 2. The van der Waals surface area contributed by atoms with Crippen LogP contribution < -0.4 is 14.4 Å². The Balaban J connectivity index is 1.76. The SMILES string of the molecule is COc1ccc(S(=O)(=O)Nc2ccc(N3CCOCC3)cc2)c(C)c1. The van der Waals surface area contributed by atoms with Crippen molar-refractivity contribution < 1.29 is 17.9 Å². The molecule has 134 valence electrons. The van der Waals surface area contributed by atoms with Crippen molar-refractivity contribution in [2.45, 2.75) is 11.8 Å². The van der Waals surface area contributed by atoms with Crippen LogP contribution in [0, 0.1) is 6.92 Å². The van der Waals surface area contributed by atoms with Crippen LogP contribution in [0.4, 0.5) is 11.4 Å². The zero-order valence-corrected chi connectivity index (χ0v) is 15.2. The van der Waals surface area contributed by atoms with Gasteiger partial charge in [0.25, 0.3) is 10.0 Å². The summed E-state index contributed by atoms with van der Waals surface area (Å²) in [6, 6.07) is 12.3. The van der Waals surface area contributed by atoms with Gasteiger partial charge < -0.3 is 14.4 Å². The third kappa shape index (κ3) is 4.05. The highest BCUT2D eigenvalue weighted by molar-refractivity contribution is 7.92. The first-order chi connectivity index (χ1) is 12.0. The second kappa shape index (κ2) is 7.33. The molecule has 7 heteroatoms. The summed E-state index contributed by atoms with van der Waals surface area (Å²) < 4.78 is 38.4. The van der Waals surface area contributed by atoms with Crippen molar-refractivity contribution in [2.24, 2.45) is 0 Å². The Morgan fingerprint density at radius 1 is 1.08 bits per heavy atom. The highest BCUT2D eigenvalue weighted by atomic mass is 32.2. The van der Waals surface area contributed by atoms with Crippen molar-refractivity contribution in [2.75, 3.05) is 43.0 Å². The van der Waals surface area contributed by atoms with Gasteiger partial charge in [-0.1, -0.05) is 0 Å². The zero-order valence-electron chi connectivity index (χ0n) is 14.4. The van der Waals surface area contributed by atoms with Crippen molar-refractivity contribution >= 4 is 21.4 Å². The normalized spacial score (nSPS) is 15.0. The lowest BCUT2D eigenvalue weighted by atomic mass is 10.2. The molecule has 0 aromatic heterocycles. The predicted molar refractivity (Wildman–Crippen MR) is 98.0 cm³/mol. The Hall–Kier alpha value is -2.25. The molecule has 2 aromatic carbocycles. The molecule has 2 aromatic rings. The summed E-state index contributed by atoms with van der Waals surface area (Å²) in [5.41, 5.74) is 2.23. The number of benzene rings is 2. The standard InChI is InChI=1S/C18H22N2O4S/c1-14-13-17(23-2)7-8-18(14)25(21,22)19-15-3-5-16(6-4-15)20-9-11-24-12-10-20/h3-8,13,19H,9-12H2,1-2H3. The van der Waals surface area contributed by atoms with E-state index in [0.29, 0.717) is 30.2 Å². The maximum atomic E-state index is 12.6. The summed E-state index contributed by atoms with van der Waals surface area (Å²) in [5, 5.41) is 0. The summed E-state index contributed by atoms with van der Waals surface area (Å²) in [4.78, 5) is 2.46. The maximum Gasteiger partial charge on any atom is 0.262 e. The molecule has 1 heterocycles. The van der Waals surface area contributed by atoms with E-state index in [-0.39, 0.29) is 4.90 Å². The molecule has 6 nitrogen and oxygen atoms in total. The first-order valence-electron chi connectivity index (χ1n) is 8.10. The third-order valence-corrected chi connectivity index (χ3v) is 5.71. The molecule has 0 bridgehead atoms. The topological polar surface area (TPSA) is 67.9 Å². The molecule has 0 atom stereocenters. The van der Waals surface area contributed by atoms with Crippen molar-refractivity contribution in [3.63, 3.8) is 0 Å². The number of aryl methyl sites for hydroxylation is 1. The minimum Gasteiger partial charge on any atom is -0.497 e. The van der Waals surface area contributed by atoms with Gasteiger partial charge in [-0.25, -0.2) is 8.42 Å². The van der Waals surface area contributed by atoms with E-state index in [9.17, 15) is 8.42 Å². The lowest BCUT2D eigenvalue weighted by Gasteiger charge is -2.28. The molecule has 0 aliphatic carbocycles. The highest BCUT2D eigenvalue weighted by Gasteiger charge is 2.18. The lowest BCUT2D eigenvalue weighted by Crippen LogP contribution is -2.36. The molecule has 1 fully saturated rings. The molecule has 0 spiro atoms. The molecule has 0 unspecified atom stereocenters. The summed E-state index contributed by atoms with van der Waals surface area (Å²) >= 11 is 0. The molecular formula is C18H22N2O4S. The summed E-state index contributed by atoms with van der Waals surface area (Å²) in [7, 11) is -2.09. The molecule has 1 N–H and O–H groups in total. The van der Waals surface area contributed by atoms with E-state index >= 15 is 0 Å². The molecule has 0 radical (unpaired) electrons. The Kier molecular flexibility index (Phi) is 5.15. The van der Waals surface area contributed by atoms with Crippen molar-refractivity contribution in [3.05, 3.63) is 48.0 Å². The van der Waals surface area contributed by atoms with E-state index in [1.807, 2.05) is 12.1 Å². The summed E-state index contributed by atoms with van der Waals surface area (Å²) in [5.74, 6) is 0.631. The molecule has 0 amide bonds. The maximum absolute atomic E-state index is 12.6. The lowest BCUT2D eigenvalue weighted by molar-refractivity contribution is 0.122. The van der Waals surface area contributed by atoms with Crippen LogP contribution >= 0.6 is 0 Å². The fourth-order valence-corrected chi connectivity index (χ4v) is 4.11. The number of nitrogens with one attached hydrogen (secondary N) is 1. The Labute approximate surface area is 148 Å². The number of nitrogens with zero attached hydrogens (tertiary/aromatic N) is 1. The van der Waals surface area contributed by atoms with Gasteiger partial charge in [-0.05, 0) is 55.0 Å². The number of sulfonamides is 1. The fraction of sp³-hybridized carbons (Fsp3) is 0.333. The van der Waals surface area contributed by atoms with Crippen LogP contribution in [-0.4, -0.2) is 41.8 Å². The quantitative estimate of drug-likeness (QED) is 0.886. The van der Waals surface area contributed by atoms with Crippen molar-refractivity contribution in [1.29, 1.82) is 0 Å². The van der Waals surface area contributed by atoms with Crippen LogP contribution in [0.25, 0.3) is 0 Å². The number of rotatable bonds is 5. The predicted octanol–water partition coefficient (Wildman–Crippen LogP) is 2.64. The van der Waals surface area contributed by atoms with Crippen molar-refractivity contribution in [3.8, 4) is 5.75 Å². The van der Waals surface area contributed by atoms with Gasteiger partial charge in [-0.2, -0.15) is 0 Å². The van der Waals surface area contributed by atoms with E-state index in [1.165, 1.54) is 0 Å². The van der Waals surface area contributed by atoms with E-state index in [2.05, 4.69) is 9.62 Å². The van der Waals surface area contributed by atoms with Crippen LogP contribution in [0.5, 0.6) is 5.75 Å². The summed E-state index contributed by atoms with van der Waals surface area (Å²) in [6.45, 7) is 4.86. The molecule has 1 aliphatic heterocycles. The van der Waals surface area contributed by atoms with Gasteiger partial charge in [0.2, 0.25) is 0 Å². The fourth-order valence-electron chi connectivity index (χ4n) is 2.82. The molecule has 1 saturated heterocycles. The monoisotopic (exact) mass is 362 g/mol. The van der Waals surface area contributed by atoms with Crippen LogP contribution in [0.1, 0.15) is 5.56 Å². The smallest absolute Gasteiger partial charge is 0.262 e. The first-order valence-corrected chi connectivity index (χ1v) is 9.58. The van der Waals surface area contributed by atoms with Gasteiger partial charge in [-0.15, -0.1) is 0 Å². The largest absolute Gasteiger partial charge is 0.497 e. The zero-order chi connectivity index (χ0) is 17.9. The molecule has 1 aliphatic rings. The van der Waals surface area contributed by atoms with Gasteiger partial charge in [-0.3, -0.25) is 4.72 Å². The number of morpholine rings is 1. The second-order valence-electron chi connectivity index (χ2n) is 5.88. The van der Waals surface area contributed by atoms with Crippen LogP contribution in [0.15, 0.2) is 47.4 Å². The average Bonchev–Trinajstić information content (AvgIpc) is 2.62. The van der Waals surface area contributed by atoms with Gasteiger partial charge in [0, 0.05) is 24.5 Å². The number of hydrogen-bond donors (Lipinski definition) is 1. The van der Waals surface area contributed by atoms with E-state index in [1.54, 1.807) is 44.4 Å². The average molecular weight is 362 g/mol. The number of hydrogen-bond acceptors (Lipinski definition) is 5. The van der Waals surface area contributed by atoms with Crippen LogP contribution in [0.2, 0.25) is 0 Å². The summed E-state index contributed by atoms with van der Waals surface area (Å²) in [6.07, 6.45) is 0. The number of anilines is 2. The molecule has 3 rings (SSSR count). The van der Waals surface area contributed by atoms with Crippen LogP contribution in [-0.2, 0) is 14.8 Å².